The minimum absolute atomic E-state index is 0.150. The zero-order chi connectivity index (χ0) is 21.4. The summed E-state index contributed by atoms with van der Waals surface area (Å²) in [5.41, 5.74) is 0.840. The van der Waals surface area contributed by atoms with Crippen LogP contribution in [0, 0.1) is 5.92 Å². The maximum absolute atomic E-state index is 12.8. The molecule has 1 amide bonds. The molecule has 9 heteroatoms. The summed E-state index contributed by atoms with van der Waals surface area (Å²) >= 11 is 0. The van der Waals surface area contributed by atoms with Crippen LogP contribution in [0.15, 0.2) is 53.6 Å². The van der Waals surface area contributed by atoms with Crippen molar-refractivity contribution in [3.63, 3.8) is 0 Å². The smallest absolute Gasteiger partial charge is 0.243 e. The van der Waals surface area contributed by atoms with Crippen LogP contribution in [-0.4, -0.2) is 57.0 Å². The molecular formula is C21H27N3O5S. The largest absolute Gasteiger partial charge is 0.475 e. The average Bonchev–Trinajstić information content (AvgIpc) is 2.79. The van der Waals surface area contributed by atoms with Crippen molar-refractivity contribution < 1.29 is 22.7 Å². The number of benzene rings is 1. The SMILES string of the molecule is COCCOc1ccc(CNC(=O)C2CCCN(S(=O)(=O)c3ccccc3)C2)cn1. The van der Waals surface area contributed by atoms with E-state index < -0.39 is 10.0 Å². The quantitative estimate of drug-likeness (QED) is 0.606. The molecule has 1 aromatic heterocycles. The van der Waals surface area contributed by atoms with E-state index in [1.807, 2.05) is 6.07 Å². The number of rotatable bonds is 9. The number of carbonyl (C=O) groups is 1. The molecule has 1 atom stereocenters. The van der Waals surface area contributed by atoms with Crippen LogP contribution in [0.2, 0.25) is 0 Å². The van der Waals surface area contributed by atoms with Crippen molar-refractivity contribution in [2.24, 2.45) is 5.92 Å². The summed E-state index contributed by atoms with van der Waals surface area (Å²) in [5.74, 6) is -0.0265. The van der Waals surface area contributed by atoms with E-state index in [0.29, 0.717) is 45.0 Å². The maximum Gasteiger partial charge on any atom is 0.243 e. The van der Waals surface area contributed by atoms with Gasteiger partial charge >= 0.3 is 0 Å². The number of nitrogens with one attached hydrogen (secondary N) is 1. The number of sulfonamides is 1. The molecule has 2 heterocycles. The summed E-state index contributed by atoms with van der Waals surface area (Å²) < 4.78 is 37.4. The monoisotopic (exact) mass is 433 g/mol. The van der Waals surface area contributed by atoms with Crippen molar-refractivity contribution in [3.05, 3.63) is 54.2 Å². The first-order valence-electron chi connectivity index (χ1n) is 9.90. The van der Waals surface area contributed by atoms with Gasteiger partial charge in [0.2, 0.25) is 21.8 Å². The van der Waals surface area contributed by atoms with Gasteiger partial charge < -0.3 is 14.8 Å². The molecule has 0 aliphatic carbocycles. The highest BCUT2D eigenvalue weighted by Crippen LogP contribution is 2.24. The first kappa shape index (κ1) is 22.2. The lowest BCUT2D eigenvalue weighted by atomic mass is 9.99. The van der Waals surface area contributed by atoms with Gasteiger partial charge in [-0.2, -0.15) is 4.31 Å². The molecule has 1 aliphatic rings. The number of carbonyl (C=O) groups excluding carboxylic acids is 1. The normalized spacial score (nSPS) is 17.4. The second-order valence-corrected chi connectivity index (χ2v) is 9.02. The highest BCUT2D eigenvalue weighted by atomic mass is 32.2. The summed E-state index contributed by atoms with van der Waals surface area (Å²) in [4.78, 5) is 17.1. The Morgan fingerprint density at radius 1 is 1.20 bits per heavy atom. The molecule has 1 saturated heterocycles. The van der Waals surface area contributed by atoms with Crippen LogP contribution in [0.4, 0.5) is 0 Å². The predicted molar refractivity (Wildman–Crippen MR) is 111 cm³/mol. The zero-order valence-corrected chi connectivity index (χ0v) is 17.8. The number of amides is 1. The second-order valence-electron chi connectivity index (χ2n) is 7.08. The zero-order valence-electron chi connectivity index (χ0n) is 17.0. The van der Waals surface area contributed by atoms with Crippen LogP contribution in [0.5, 0.6) is 5.88 Å². The third-order valence-electron chi connectivity index (χ3n) is 4.94. The van der Waals surface area contributed by atoms with E-state index in [0.717, 1.165) is 5.56 Å². The molecule has 0 spiro atoms. The molecule has 0 bridgehead atoms. The van der Waals surface area contributed by atoms with Crippen LogP contribution >= 0.6 is 0 Å². The number of aromatic nitrogens is 1. The minimum Gasteiger partial charge on any atom is -0.475 e. The van der Waals surface area contributed by atoms with Crippen LogP contribution in [0.25, 0.3) is 0 Å². The fraction of sp³-hybridized carbons (Fsp3) is 0.429. The Balaban J connectivity index is 1.53. The Labute approximate surface area is 177 Å². The van der Waals surface area contributed by atoms with E-state index in [1.165, 1.54) is 4.31 Å². The molecule has 1 aromatic carbocycles. The predicted octanol–water partition coefficient (Wildman–Crippen LogP) is 1.82. The molecule has 30 heavy (non-hydrogen) atoms. The highest BCUT2D eigenvalue weighted by molar-refractivity contribution is 7.89. The van der Waals surface area contributed by atoms with Gasteiger partial charge in [0.15, 0.2) is 0 Å². The van der Waals surface area contributed by atoms with Crippen LogP contribution in [0.3, 0.4) is 0 Å². The molecule has 1 unspecified atom stereocenters. The number of methoxy groups -OCH3 is 1. The van der Waals surface area contributed by atoms with Gasteiger partial charge in [0.1, 0.15) is 6.61 Å². The van der Waals surface area contributed by atoms with Gasteiger partial charge in [0.05, 0.1) is 17.4 Å². The summed E-state index contributed by atoms with van der Waals surface area (Å²) in [6, 6.07) is 11.9. The van der Waals surface area contributed by atoms with E-state index in [1.54, 1.807) is 49.7 Å². The van der Waals surface area contributed by atoms with Crippen LogP contribution < -0.4 is 10.1 Å². The van der Waals surface area contributed by atoms with Gasteiger partial charge in [-0.05, 0) is 30.5 Å². The van der Waals surface area contributed by atoms with Gasteiger partial charge in [0, 0.05) is 39.0 Å². The molecular weight excluding hydrogens is 406 g/mol. The summed E-state index contributed by atoms with van der Waals surface area (Å²) in [7, 11) is -1.99. The van der Waals surface area contributed by atoms with Gasteiger partial charge in [0.25, 0.3) is 0 Å². The molecule has 1 aliphatic heterocycles. The van der Waals surface area contributed by atoms with Gasteiger partial charge in [-0.15, -0.1) is 0 Å². The maximum atomic E-state index is 12.8. The standard InChI is InChI=1S/C21H27N3O5S/c1-28-12-13-29-20-10-9-17(14-22-20)15-23-21(25)18-6-5-11-24(16-18)30(26,27)19-7-3-2-4-8-19/h2-4,7-10,14,18H,5-6,11-13,15-16H2,1H3,(H,23,25). The van der Waals surface area contributed by atoms with Crippen LogP contribution in [0.1, 0.15) is 18.4 Å². The van der Waals surface area contributed by atoms with Crippen molar-refractivity contribution in [2.45, 2.75) is 24.3 Å². The lowest BCUT2D eigenvalue weighted by molar-refractivity contribution is -0.126. The van der Waals surface area contributed by atoms with E-state index in [2.05, 4.69) is 10.3 Å². The number of pyridine rings is 1. The average molecular weight is 434 g/mol. The molecule has 8 nitrogen and oxygen atoms in total. The van der Waals surface area contributed by atoms with E-state index in [4.69, 9.17) is 9.47 Å². The lowest BCUT2D eigenvalue weighted by Crippen LogP contribution is -2.45. The Morgan fingerprint density at radius 3 is 2.70 bits per heavy atom. The topological polar surface area (TPSA) is 97.8 Å². The molecule has 3 rings (SSSR count). The minimum atomic E-state index is -3.59. The molecule has 1 fully saturated rings. The number of piperidine rings is 1. The van der Waals surface area contributed by atoms with E-state index in [9.17, 15) is 13.2 Å². The highest BCUT2D eigenvalue weighted by Gasteiger charge is 2.33. The Hall–Kier alpha value is -2.49. The van der Waals surface area contributed by atoms with Crippen molar-refractivity contribution >= 4 is 15.9 Å². The number of hydrogen-bond acceptors (Lipinski definition) is 6. The first-order valence-corrected chi connectivity index (χ1v) is 11.3. The first-order chi connectivity index (χ1) is 14.5. The van der Waals surface area contributed by atoms with Crippen LogP contribution in [-0.2, 0) is 26.1 Å². The molecule has 0 radical (unpaired) electrons. The van der Waals surface area contributed by atoms with Crippen molar-refractivity contribution in [1.29, 1.82) is 0 Å². The fourth-order valence-corrected chi connectivity index (χ4v) is 4.83. The third kappa shape index (κ3) is 5.78. The van der Waals surface area contributed by atoms with Gasteiger partial charge in [-0.1, -0.05) is 24.3 Å². The summed E-state index contributed by atoms with van der Waals surface area (Å²) in [6.07, 6.45) is 2.96. The third-order valence-corrected chi connectivity index (χ3v) is 6.82. The number of nitrogens with zero attached hydrogens (tertiary/aromatic N) is 2. The lowest BCUT2D eigenvalue weighted by Gasteiger charge is -2.31. The molecule has 0 saturated carbocycles. The molecule has 162 valence electrons. The summed E-state index contributed by atoms with van der Waals surface area (Å²) in [5, 5.41) is 2.89. The molecule has 2 aromatic rings. The molecule has 1 N–H and O–H groups in total. The summed E-state index contributed by atoms with van der Waals surface area (Å²) in [6.45, 7) is 1.84. The number of ether oxygens (including phenoxy) is 2. The Morgan fingerprint density at radius 2 is 2.00 bits per heavy atom. The van der Waals surface area contributed by atoms with E-state index in [-0.39, 0.29) is 23.3 Å². The van der Waals surface area contributed by atoms with Gasteiger partial charge in [-0.3, -0.25) is 4.79 Å². The van der Waals surface area contributed by atoms with Crippen molar-refractivity contribution in [3.8, 4) is 5.88 Å². The fourth-order valence-electron chi connectivity index (χ4n) is 3.28. The number of hydrogen-bond donors (Lipinski definition) is 1. The van der Waals surface area contributed by atoms with E-state index >= 15 is 0 Å². The van der Waals surface area contributed by atoms with Gasteiger partial charge in [-0.25, -0.2) is 13.4 Å². The Kier molecular flexibility index (Phi) is 7.78. The van der Waals surface area contributed by atoms with Crippen molar-refractivity contribution in [2.75, 3.05) is 33.4 Å². The second kappa shape index (κ2) is 10.5. The Bertz CT molecular complexity index is 919. The van der Waals surface area contributed by atoms with Crippen molar-refractivity contribution in [1.82, 2.24) is 14.6 Å².